The highest BCUT2D eigenvalue weighted by Gasteiger charge is 2.25. The van der Waals surface area contributed by atoms with E-state index >= 15 is 0 Å². The second kappa shape index (κ2) is 10.3. The first-order valence-corrected chi connectivity index (χ1v) is 16.7. The van der Waals surface area contributed by atoms with Gasteiger partial charge in [0.25, 0.3) is 0 Å². The topological polar surface area (TPSA) is 58.4 Å². The van der Waals surface area contributed by atoms with Gasteiger partial charge in [0, 0.05) is 33.7 Å². The molecule has 234 valence electrons. The van der Waals surface area contributed by atoms with Gasteiger partial charge in [0.05, 0.1) is 22.1 Å². The quantitative estimate of drug-likeness (QED) is 0.192. The van der Waals surface area contributed by atoms with Gasteiger partial charge in [0.15, 0.2) is 11.3 Å². The molecule has 0 atom stereocenters. The molecule has 7 heteroatoms. The van der Waals surface area contributed by atoms with E-state index in [0.717, 1.165) is 89.1 Å². The molecule has 0 aliphatic carbocycles. The summed E-state index contributed by atoms with van der Waals surface area (Å²) in [5.74, 6) is 1.97. The Morgan fingerprint density at radius 1 is 0.360 bits per heavy atom. The smallest absolute Gasteiger partial charge is 0.169 e. The molecule has 5 aromatic carbocycles. The minimum absolute atomic E-state index is 0.748. The molecule has 0 saturated heterocycles. The highest BCUT2D eigenvalue weighted by atomic mass is 15.2. The van der Waals surface area contributed by atoms with Crippen LogP contribution in [-0.4, -0.2) is 33.2 Å². The molecule has 7 nitrogen and oxygen atoms in total. The van der Waals surface area contributed by atoms with Crippen molar-refractivity contribution in [2.45, 2.75) is 0 Å². The first kappa shape index (κ1) is 27.0. The number of hydrogen-bond donors (Lipinski definition) is 0. The second-order valence-corrected chi connectivity index (χ2v) is 12.6. The molecular formula is C43H27N7. The SMILES string of the molecule is c1ccc(-n2c(-n3c4ccccc4c4nc5c6ncccc6n(-c6cc7ccccc7n6-c6ccccc6)c5nc43)cc3ccccc32)cc1. The molecule has 0 unspecified atom stereocenters. The molecule has 6 aromatic heterocycles. The highest BCUT2D eigenvalue weighted by Crippen LogP contribution is 2.38. The Hall–Kier alpha value is -6.99. The van der Waals surface area contributed by atoms with Gasteiger partial charge < -0.3 is 0 Å². The van der Waals surface area contributed by atoms with E-state index in [-0.39, 0.29) is 0 Å². The molecule has 0 spiro atoms. The van der Waals surface area contributed by atoms with Gasteiger partial charge in [0.2, 0.25) is 0 Å². The Bertz CT molecular complexity index is 2880. The summed E-state index contributed by atoms with van der Waals surface area (Å²) in [6, 6.07) is 55.1. The van der Waals surface area contributed by atoms with E-state index in [2.05, 4.69) is 170 Å². The predicted molar refractivity (Wildman–Crippen MR) is 202 cm³/mol. The number of rotatable bonds is 4. The van der Waals surface area contributed by atoms with E-state index in [1.54, 1.807) is 0 Å². The number of hydrogen-bond acceptors (Lipinski definition) is 3. The van der Waals surface area contributed by atoms with Crippen LogP contribution in [0.2, 0.25) is 0 Å². The van der Waals surface area contributed by atoms with Crippen LogP contribution in [0.15, 0.2) is 164 Å². The molecule has 11 rings (SSSR count). The van der Waals surface area contributed by atoms with Crippen LogP contribution in [0.25, 0.3) is 89.1 Å². The summed E-state index contributed by atoms with van der Waals surface area (Å²) in [6.45, 7) is 0. The Morgan fingerprint density at radius 3 is 1.50 bits per heavy atom. The fourth-order valence-corrected chi connectivity index (χ4v) is 7.70. The van der Waals surface area contributed by atoms with Gasteiger partial charge >= 0.3 is 0 Å². The van der Waals surface area contributed by atoms with Gasteiger partial charge in [-0.2, -0.15) is 0 Å². The van der Waals surface area contributed by atoms with Crippen LogP contribution < -0.4 is 0 Å². The summed E-state index contributed by atoms with van der Waals surface area (Å²) in [7, 11) is 0. The molecular weight excluding hydrogens is 615 g/mol. The average molecular weight is 642 g/mol. The van der Waals surface area contributed by atoms with Crippen LogP contribution in [0.5, 0.6) is 0 Å². The summed E-state index contributed by atoms with van der Waals surface area (Å²) in [6.07, 6.45) is 1.84. The summed E-state index contributed by atoms with van der Waals surface area (Å²) in [5.41, 5.74) is 10.3. The minimum Gasteiger partial charge on any atom is -0.295 e. The van der Waals surface area contributed by atoms with Crippen molar-refractivity contribution in [3.63, 3.8) is 0 Å². The molecule has 0 N–H and O–H groups in total. The fourth-order valence-electron chi connectivity index (χ4n) is 7.70. The maximum atomic E-state index is 5.61. The molecule has 0 aliphatic rings. The Kier molecular flexibility index (Phi) is 5.54. The molecule has 50 heavy (non-hydrogen) atoms. The van der Waals surface area contributed by atoms with Crippen molar-refractivity contribution in [2.24, 2.45) is 0 Å². The van der Waals surface area contributed by atoms with E-state index in [1.165, 1.54) is 0 Å². The number of benzene rings is 5. The molecule has 0 fully saturated rings. The van der Waals surface area contributed by atoms with Gasteiger partial charge in [-0.3, -0.25) is 23.3 Å². The third-order valence-electron chi connectivity index (χ3n) is 9.80. The first-order chi connectivity index (χ1) is 24.8. The third-order valence-corrected chi connectivity index (χ3v) is 9.80. The van der Waals surface area contributed by atoms with Gasteiger partial charge in [-0.1, -0.05) is 91.0 Å². The van der Waals surface area contributed by atoms with Crippen LogP contribution in [0.4, 0.5) is 0 Å². The van der Waals surface area contributed by atoms with Crippen molar-refractivity contribution in [3.8, 4) is 23.0 Å². The highest BCUT2D eigenvalue weighted by molar-refractivity contribution is 6.12. The van der Waals surface area contributed by atoms with Crippen LogP contribution in [-0.2, 0) is 0 Å². The van der Waals surface area contributed by atoms with Crippen molar-refractivity contribution in [1.82, 2.24) is 33.2 Å². The van der Waals surface area contributed by atoms with Gasteiger partial charge in [0.1, 0.15) is 28.2 Å². The summed E-state index contributed by atoms with van der Waals surface area (Å²) >= 11 is 0. The minimum atomic E-state index is 0.748. The van der Waals surface area contributed by atoms with E-state index in [4.69, 9.17) is 15.0 Å². The zero-order chi connectivity index (χ0) is 32.8. The van der Waals surface area contributed by atoms with Gasteiger partial charge in [-0.25, -0.2) is 9.97 Å². The monoisotopic (exact) mass is 641 g/mol. The van der Waals surface area contributed by atoms with E-state index < -0.39 is 0 Å². The third kappa shape index (κ3) is 3.71. The number of para-hydroxylation sites is 5. The zero-order valence-electron chi connectivity index (χ0n) is 26.7. The zero-order valence-corrected chi connectivity index (χ0v) is 26.7. The van der Waals surface area contributed by atoms with E-state index in [0.29, 0.717) is 0 Å². The number of pyridine rings is 1. The van der Waals surface area contributed by atoms with Crippen LogP contribution in [0.1, 0.15) is 0 Å². The van der Waals surface area contributed by atoms with Crippen LogP contribution >= 0.6 is 0 Å². The lowest BCUT2D eigenvalue weighted by molar-refractivity contribution is 0.973. The predicted octanol–water partition coefficient (Wildman–Crippen LogP) is 9.95. The summed E-state index contributed by atoms with van der Waals surface area (Å²) < 4.78 is 9.12. The maximum absolute atomic E-state index is 5.61. The molecule has 0 radical (unpaired) electrons. The van der Waals surface area contributed by atoms with Crippen LogP contribution in [0, 0.1) is 0 Å². The Morgan fingerprint density at radius 2 is 0.860 bits per heavy atom. The van der Waals surface area contributed by atoms with E-state index in [1.807, 2.05) is 12.3 Å². The van der Waals surface area contributed by atoms with E-state index in [9.17, 15) is 0 Å². The normalized spacial score (nSPS) is 12.0. The van der Waals surface area contributed by atoms with Crippen molar-refractivity contribution in [1.29, 1.82) is 0 Å². The number of aromatic nitrogens is 7. The lowest BCUT2D eigenvalue weighted by atomic mass is 10.2. The van der Waals surface area contributed by atoms with Crippen LogP contribution in [0.3, 0.4) is 0 Å². The number of nitrogens with zero attached hydrogens (tertiary/aromatic N) is 7. The van der Waals surface area contributed by atoms with Crippen molar-refractivity contribution in [3.05, 3.63) is 164 Å². The lowest BCUT2D eigenvalue weighted by Crippen LogP contribution is -2.07. The average Bonchev–Trinajstić information content (AvgIpc) is 3.92. The second-order valence-electron chi connectivity index (χ2n) is 12.6. The molecule has 0 bridgehead atoms. The maximum Gasteiger partial charge on any atom is 0.169 e. The first-order valence-electron chi connectivity index (χ1n) is 16.7. The molecule has 0 aliphatic heterocycles. The lowest BCUT2D eigenvalue weighted by Gasteiger charge is -2.14. The van der Waals surface area contributed by atoms with Crippen molar-refractivity contribution in [2.75, 3.05) is 0 Å². The molecule has 0 amide bonds. The van der Waals surface area contributed by atoms with Crippen molar-refractivity contribution < 1.29 is 0 Å². The summed E-state index contributed by atoms with van der Waals surface area (Å²) in [5, 5.41) is 3.33. The largest absolute Gasteiger partial charge is 0.295 e. The number of fused-ring (bicyclic) bond motifs is 8. The Balaban J connectivity index is 1.31. The summed E-state index contributed by atoms with van der Waals surface area (Å²) in [4.78, 5) is 16.0. The fraction of sp³-hybridized carbons (Fsp3) is 0. The van der Waals surface area contributed by atoms with Crippen molar-refractivity contribution >= 4 is 66.1 Å². The molecule has 0 saturated carbocycles. The standard InChI is InChI=1S/C43H27N7/c1-3-16-30(17-4-1)47-33-21-10-7-14-28(33)26-37(47)49-35-23-12-9-20-32(35)39-42(49)46-43-41(45-39)40-36(24-13-25-44-40)50(43)38-27-29-15-8-11-22-34(29)48(38)31-18-5-2-6-19-31/h1-27H. The Labute approximate surface area is 285 Å². The molecule has 11 aromatic rings. The van der Waals surface area contributed by atoms with Gasteiger partial charge in [-0.15, -0.1) is 0 Å². The molecule has 6 heterocycles. The van der Waals surface area contributed by atoms with Gasteiger partial charge in [-0.05, 0) is 66.7 Å².